The molecule has 4 saturated heterocycles. The predicted octanol–water partition coefficient (Wildman–Crippen LogP) is 6.83. The number of nitrogens with zero attached hydrogens (tertiary/aromatic N) is 6. The topological polar surface area (TPSA) is 92.7 Å². The van der Waals surface area contributed by atoms with Crippen molar-refractivity contribution in [3.05, 3.63) is 82.5 Å². The average molecular weight is 739 g/mol. The second-order valence-corrected chi connectivity index (χ2v) is 15.6. The maximum Gasteiger partial charge on any atom is 0.410 e. The van der Waals surface area contributed by atoms with E-state index in [4.69, 9.17) is 40.5 Å². The van der Waals surface area contributed by atoms with Crippen LogP contribution in [0.5, 0.6) is 11.8 Å². The monoisotopic (exact) mass is 738 g/mol. The van der Waals surface area contributed by atoms with Gasteiger partial charge in [0.2, 0.25) is 0 Å². The molecule has 0 aliphatic carbocycles. The Kier molecular flexibility index (Phi) is 9.42. The van der Waals surface area contributed by atoms with E-state index in [0.717, 1.165) is 96.6 Å². The van der Waals surface area contributed by atoms with E-state index in [-0.39, 0.29) is 37.1 Å². The van der Waals surface area contributed by atoms with Crippen molar-refractivity contribution in [3.63, 3.8) is 0 Å². The predicted molar refractivity (Wildman–Crippen MR) is 204 cm³/mol. The van der Waals surface area contributed by atoms with Gasteiger partial charge in [0, 0.05) is 43.8 Å². The molecule has 0 spiro atoms. The van der Waals surface area contributed by atoms with Gasteiger partial charge >= 0.3 is 12.1 Å². The smallest absolute Gasteiger partial charge is 0.410 e. The summed E-state index contributed by atoms with van der Waals surface area (Å²) in [5, 5.41) is 2.69. The van der Waals surface area contributed by atoms with Gasteiger partial charge in [-0.3, -0.25) is 9.80 Å². The number of aromatic nitrogens is 2. The van der Waals surface area contributed by atoms with Crippen molar-refractivity contribution in [2.24, 2.45) is 0 Å². The number of piperazine rings is 1. The Morgan fingerprint density at radius 3 is 2.49 bits per heavy atom. The molecule has 5 aliphatic rings. The molecule has 2 atom stereocenters. The summed E-state index contributed by atoms with van der Waals surface area (Å²) in [7, 11) is 1.62. The number of ether oxygens (including phenoxy) is 4. The number of carbonyl (C=O) groups excluding carboxylic acids is 1. The molecule has 4 aromatic rings. The highest BCUT2D eigenvalue weighted by atomic mass is 35.5. The number of rotatable bonds is 10. The van der Waals surface area contributed by atoms with Gasteiger partial charge in [0.25, 0.3) is 0 Å². The first-order valence-electron chi connectivity index (χ1n) is 19.1. The molecule has 5 aliphatic heterocycles. The maximum absolute atomic E-state index is 13.4. The van der Waals surface area contributed by atoms with E-state index in [9.17, 15) is 4.79 Å². The zero-order chi connectivity index (χ0) is 35.9. The molecule has 2 bridgehead atoms. The van der Waals surface area contributed by atoms with E-state index in [2.05, 4.69) is 26.8 Å². The summed E-state index contributed by atoms with van der Waals surface area (Å²) < 4.78 is 23.6. The van der Waals surface area contributed by atoms with Gasteiger partial charge in [0.05, 0.1) is 40.6 Å². The normalized spacial score (nSPS) is 21.9. The first-order chi connectivity index (χ1) is 26.0. The third-order valence-electron chi connectivity index (χ3n) is 12.1. The molecule has 11 nitrogen and oxygen atoms in total. The van der Waals surface area contributed by atoms with Crippen LogP contribution >= 0.6 is 11.6 Å². The fourth-order valence-electron chi connectivity index (χ4n) is 9.54. The van der Waals surface area contributed by atoms with Crippen molar-refractivity contribution in [1.29, 1.82) is 0 Å². The van der Waals surface area contributed by atoms with Gasteiger partial charge in [-0.1, -0.05) is 54.1 Å². The maximum atomic E-state index is 13.4. The number of hydrogen-bond acceptors (Lipinski definition) is 10. The standard InChI is InChI=1S/C41H47ClN6O5/c1-50-27-53-32-20-29-10-5-11-34(42)37(29)36(21-32)45-19-14-33-35(24-45)43-39(52-26-41-15-6-17-47(41)18-7-16-41)44-38(33)46-22-30-12-13-31(23-46)48(30)40(49)51-25-28-8-3-2-4-9-28/h2-5,8-11,20-21,30-31H,6-7,12-19,22-27H2,1H3/t30-,31+. The third kappa shape index (κ3) is 6.61. The van der Waals surface area contributed by atoms with Gasteiger partial charge < -0.3 is 28.7 Å². The molecule has 3 aromatic carbocycles. The summed E-state index contributed by atoms with van der Waals surface area (Å²) >= 11 is 6.87. The van der Waals surface area contributed by atoms with E-state index < -0.39 is 0 Å². The first kappa shape index (κ1) is 34.4. The Morgan fingerprint density at radius 1 is 0.925 bits per heavy atom. The molecule has 1 amide bonds. The average Bonchev–Trinajstić information content (AvgIpc) is 3.85. The van der Waals surface area contributed by atoms with Crippen molar-refractivity contribution < 1.29 is 23.7 Å². The molecular formula is C41H47ClN6O5. The highest BCUT2D eigenvalue weighted by Crippen LogP contribution is 2.42. The summed E-state index contributed by atoms with van der Waals surface area (Å²) in [4.78, 5) is 33.1. The second-order valence-electron chi connectivity index (χ2n) is 15.2. The van der Waals surface area contributed by atoms with Crippen molar-refractivity contribution in [3.8, 4) is 11.8 Å². The number of halogens is 1. The van der Waals surface area contributed by atoms with Crippen LogP contribution in [0.2, 0.25) is 5.02 Å². The van der Waals surface area contributed by atoms with Gasteiger partial charge in [0.15, 0.2) is 6.79 Å². The number of amides is 1. The van der Waals surface area contributed by atoms with E-state index in [0.29, 0.717) is 37.3 Å². The molecule has 6 heterocycles. The van der Waals surface area contributed by atoms with Gasteiger partial charge in [0.1, 0.15) is 24.8 Å². The molecule has 1 aromatic heterocycles. The van der Waals surface area contributed by atoms with Gasteiger partial charge in [-0.25, -0.2) is 4.79 Å². The summed E-state index contributed by atoms with van der Waals surface area (Å²) in [6.45, 7) is 6.03. The molecule has 12 heteroatoms. The van der Waals surface area contributed by atoms with Crippen molar-refractivity contribution in [2.75, 3.05) is 63.0 Å². The Bertz CT molecular complexity index is 1960. The molecule has 0 radical (unpaired) electrons. The molecule has 4 fully saturated rings. The minimum atomic E-state index is -0.232. The zero-order valence-electron chi connectivity index (χ0n) is 30.3. The first-order valence-corrected chi connectivity index (χ1v) is 19.5. The fourth-order valence-corrected chi connectivity index (χ4v) is 9.82. The Morgan fingerprint density at radius 2 is 1.72 bits per heavy atom. The Hall–Kier alpha value is -4.32. The summed E-state index contributed by atoms with van der Waals surface area (Å²) in [5.41, 5.74) is 4.18. The Balaban J connectivity index is 1.02. The van der Waals surface area contributed by atoms with Crippen LogP contribution in [0.15, 0.2) is 60.7 Å². The van der Waals surface area contributed by atoms with Gasteiger partial charge in [-0.05, 0) is 81.1 Å². The summed E-state index contributed by atoms with van der Waals surface area (Å²) in [6.07, 6.45) is 7.13. The summed E-state index contributed by atoms with van der Waals surface area (Å²) in [5.74, 6) is 1.66. The van der Waals surface area contributed by atoms with Crippen LogP contribution in [0.25, 0.3) is 10.8 Å². The van der Waals surface area contributed by atoms with Crippen LogP contribution in [-0.2, 0) is 29.0 Å². The van der Waals surface area contributed by atoms with Crippen LogP contribution < -0.4 is 19.3 Å². The number of fused-ring (bicyclic) bond motifs is 5. The van der Waals surface area contributed by atoms with Crippen molar-refractivity contribution in [2.45, 2.75) is 75.7 Å². The number of methoxy groups -OCH3 is 1. The molecule has 53 heavy (non-hydrogen) atoms. The molecular weight excluding hydrogens is 692 g/mol. The molecule has 0 saturated carbocycles. The van der Waals surface area contributed by atoms with Gasteiger partial charge in [-0.15, -0.1) is 0 Å². The number of benzene rings is 3. The van der Waals surface area contributed by atoms with Crippen molar-refractivity contribution in [1.82, 2.24) is 19.8 Å². The van der Waals surface area contributed by atoms with Crippen molar-refractivity contribution >= 4 is 40.0 Å². The van der Waals surface area contributed by atoms with Crippen LogP contribution in [0.4, 0.5) is 16.3 Å². The van der Waals surface area contributed by atoms with Crippen LogP contribution in [0.1, 0.15) is 55.3 Å². The number of carbonyl (C=O) groups is 1. The highest BCUT2D eigenvalue weighted by molar-refractivity contribution is 6.36. The number of anilines is 2. The van der Waals surface area contributed by atoms with E-state index in [1.165, 1.54) is 12.8 Å². The SMILES string of the molecule is COCOc1cc(N2CCc3c(nc(OCC45CCCN4CCC5)nc3N3C[C@H]4CC[C@@H](C3)N4C(=O)OCc3ccccc3)C2)c2c(Cl)cccc2c1. The quantitative estimate of drug-likeness (QED) is 0.161. The molecule has 278 valence electrons. The third-order valence-corrected chi connectivity index (χ3v) is 12.4. The molecule has 0 unspecified atom stereocenters. The lowest BCUT2D eigenvalue weighted by Crippen LogP contribution is -2.56. The lowest BCUT2D eigenvalue weighted by atomic mass is 9.95. The van der Waals surface area contributed by atoms with Gasteiger partial charge in [-0.2, -0.15) is 9.97 Å². The largest absolute Gasteiger partial charge is 0.467 e. The highest BCUT2D eigenvalue weighted by Gasteiger charge is 2.46. The minimum absolute atomic E-state index is 0.0554. The minimum Gasteiger partial charge on any atom is -0.467 e. The van der Waals surface area contributed by atoms with E-state index in [1.54, 1.807) is 7.11 Å². The lowest BCUT2D eigenvalue weighted by molar-refractivity contribution is 0.0512. The second kappa shape index (κ2) is 14.5. The van der Waals surface area contributed by atoms with E-state index in [1.807, 2.05) is 53.4 Å². The molecule has 0 N–H and O–H groups in total. The Labute approximate surface area is 315 Å². The van der Waals surface area contributed by atoms with E-state index >= 15 is 0 Å². The van der Waals surface area contributed by atoms with Crippen LogP contribution in [-0.4, -0.2) is 96.7 Å². The lowest BCUT2D eigenvalue weighted by Gasteiger charge is -2.42. The van der Waals surface area contributed by atoms with Crippen LogP contribution in [0.3, 0.4) is 0 Å². The number of hydrogen-bond donors (Lipinski definition) is 0. The summed E-state index contributed by atoms with van der Waals surface area (Å²) in [6, 6.07) is 20.4. The molecule has 9 rings (SSSR count). The zero-order valence-corrected chi connectivity index (χ0v) is 31.1. The van der Waals surface area contributed by atoms with Crippen LogP contribution in [0, 0.1) is 0 Å². The fraction of sp³-hybridized carbons (Fsp3) is 0.488.